The number of ether oxygens (including phenoxy) is 1. The zero-order valence-corrected chi connectivity index (χ0v) is 12.3. The van der Waals surface area contributed by atoms with Gasteiger partial charge < -0.3 is 19.6 Å². The van der Waals surface area contributed by atoms with Crippen LogP contribution in [0.3, 0.4) is 0 Å². The molecule has 0 saturated carbocycles. The molecule has 21 heavy (non-hydrogen) atoms. The lowest BCUT2D eigenvalue weighted by atomic mass is 9.97. The zero-order valence-electron chi connectivity index (χ0n) is 11.5. The predicted molar refractivity (Wildman–Crippen MR) is 73.3 cm³/mol. The first-order chi connectivity index (χ1) is 9.90. The van der Waals surface area contributed by atoms with Crippen molar-refractivity contribution < 1.29 is 27.8 Å². The van der Waals surface area contributed by atoms with Gasteiger partial charge in [0.15, 0.2) is 5.76 Å². The summed E-state index contributed by atoms with van der Waals surface area (Å²) in [4.78, 5) is 11.9. The van der Waals surface area contributed by atoms with Gasteiger partial charge in [0, 0.05) is 19.6 Å². The van der Waals surface area contributed by atoms with Gasteiger partial charge in [-0.1, -0.05) is 11.8 Å². The van der Waals surface area contributed by atoms with Crippen molar-refractivity contribution in [2.45, 2.75) is 36.6 Å². The summed E-state index contributed by atoms with van der Waals surface area (Å²) < 4.78 is 34.6. The smallest absolute Gasteiger partial charge is 0.287 e. The Morgan fingerprint density at radius 3 is 3.00 bits per heavy atom. The number of carbonyl (C=O) groups is 1. The first-order valence-electron chi connectivity index (χ1n) is 6.51. The number of hydrogen-bond donors (Lipinski definition) is 2. The summed E-state index contributed by atoms with van der Waals surface area (Å²) in [6.45, 7) is 2.24. The van der Waals surface area contributed by atoms with Crippen LogP contribution in [0.1, 0.15) is 29.7 Å². The Kier molecular flexibility index (Phi) is 5.23. The molecule has 1 amide bonds. The van der Waals surface area contributed by atoms with Crippen molar-refractivity contribution in [3.63, 3.8) is 0 Å². The molecule has 1 aromatic rings. The van der Waals surface area contributed by atoms with Crippen LogP contribution in [-0.4, -0.2) is 41.6 Å². The minimum Gasteiger partial charge on any atom is -0.455 e. The molecule has 1 aromatic heterocycles. The fourth-order valence-corrected chi connectivity index (χ4v) is 2.49. The molecule has 2 atom stereocenters. The van der Waals surface area contributed by atoms with E-state index in [1.165, 1.54) is 12.1 Å². The Morgan fingerprint density at radius 2 is 2.38 bits per heavy atom. The van der Waals surface area contributed by atoms with Crippen LogP contribution < -0.4 is 5.32 Å². The minimum absolute atomic E-state index is 0.000240. The summed E-state index contributed by atoms with van der Waals surface area (Å²) in [5.41, 5.74) is -1.09. The molecule has 5 nitrogen and oxygen atoms in total. The van der Waals surface area contributed by atoms with Crippen molar-refractivity contribution in [1.82, 2.24) is 5.32 Å². The van der Waals surface area contributed by atoms with E-state index >= 15 is 0 Å². The van der Waals surface area contributed by atoms with E-state index in [9.17, 15) is 18.7 Å². The molecule has 1 aliphatic heterocycles. The summed E-state index contributed by atoms with van der Waals surface area (Å²) in [5, 5.41) is 12.8. The lowest BCUT2D eigenvalue weighted by Crippen LogP contribution is -2.47. The first-order valence-corrected chi connectivity index (χ1v) is 7.56. The van der Waals surface area contributed by atoms with Crippen LogP contribution in [0.15, 0.2) is 16.5 Å². The average molecular weight is 321 g/mol. The molecule has 118 valence electrons. The summed E-state index contributed by atoms with van der Waals surface area (Å²) in [6, 6.07) is 2.91. The Morgan fingerprint density at radius 1 is 1.62 bits per heavy atom. The fraction of sp³-hybridized carbons (Fsp3) is 0.615. The average Bonchev–Trinajstić information content (AvgIpc) is 3.02. The van der Waals surface area contributed by atoms with Crippen molar-refractivity contribution in [2.24, 2.45) is 0 Å². The number of halogens is 2. The van der Waals surface area contributed by atoms with E-state index in [2.05, 4.69) is 5.32 Å². The normalized spacial score (nSPS) is 25.5. The number of amides is 1. The maximum atomic E-state index is 12.1. The van der Waals surface area contributed by atoms with E-state index in [0.29, 0.717) is 30.5 Å². The lowest BCUT2D eigenvalue weighted by Gasteiger charge is -2.25. The molecule has 2 unspecified atom stereocenters. The molecule has 1 aliphatic rings. The second kappa shape index (κ2) is 6.76. The SMILES string of the molecule is CC1OCCC1(O)CNC(=O)c1ccc(CSC(F)F)o1. The van der Waals surface area contributed by atoms with E-state index < -0.39 is 17.3 Å². The van der Waals surface area contributed by atoms with Gasteiger partial charge in [0.1, 0.15) is 11.4 Å². The molecule has 1 fully saturated rings. The van der Waals surface area contributed by atoms with Crippen LogP contribution in [-0.2, 0) is 10.5 Å². The molecule has 0 bridgehead atoms. The Balaban J connectivity index is 1.86. The fourth-order valence-electron chi connectivity index (χ4n) is 2.05. The monoisotopic (exact) mass is 321 g/mol. The van der Waals surface area contributed by atoms with Gasteiger partial charge in [-0.15, -0.1) is 0 Å². The lowest BCUT2D eigenvalue weighted by molar-refractivity contribution is -0.0252. The number of nitrogens with one attached hydrogen (secondary N) is 1. The number of furan rings is 1. The van der Waals surface area contributed by atoms with Gasteiger partial charge in [-0.2, -0.15) is 8.78 Å². The summed E-state index contributed by atoms with van der Waals surface area (Å²) >= 11 is 0.427. The van der Waals surface area contributed by atoms with Gasteiger partial charge in [-0.05, 0) is 19.1 Å². The molecule has 2 heterocycles. The quantitative estimate of drug-likeness (QED) is 0.838. The van der Waals surface area contributed by atoms with E-state index in [1.807, 2.05) is 0 Å². The number of hydrogen-bond acceptors (Lipinski definition) is 5. The third-order valence-electron chi connectivity index (χ3n) is 3.45. The molecule has 1 saturated heterocycles. The first kappa shape index (κ1) is 16.3. The van der Waals surface area contributed by atoms with Crippen molar-refractivity contribution in [3.05, 3.63) is 23.7 Å². The zero-order chi connectivity index (χ0) is 15.5. The number of carbonyl (C=O) groups excluding carboxylic acids is 1. The molecule has 8 heteroatoms. The molecule has 2 rings (SSSR count). The van der Waals surface area contributed by atoms with E-state index in [0.717, 1.165) is 0 Å². The second-order valence-corrected chi connectivity index (χ2v) is 5.87. The van der Waals surface area contributed by atoms with Gasteiger partial charge in [0.2, 0.25) is 0 Å². The molecule has 0 aromatic carbocycles. The van der Waals surface area contributed by atoms with Crippen LogP contribution in [0.2, 0.25) is 0 Å². The van der Waals surface area contributed by atoms with Crippen LogP contribution >= 0.6 is 11.8 Å². The topological polar surface area (TPSA) is 71.7 Å². The van der Waals surface area contributed by atoms with Gasteiger partial charge in [-0.25, -0.2) is 0 Å². The minimum atomic E-state index is -2.48. The van der Waals surface area contributed by atoms with Crippen LogP contribution in [0.25, 0.3) is 0 Å². The molecule has 2 N–H and O–H groups in total. The van der Waals surface area contributed by atoms with Gasteiger partial charge in [0.05, 0.1) is 11.9 Å². The Labute approximate surface area is 125 Å². The van der Waals surface area contributed by atoms with Gasteiger partial charge in [-0.3, -0.25) is 4.79 Å². The van der Waals surface area contributed by atoms with E-state index in [4.69, 9.17) is 9.15 Å². The van der Waals surface area contributed by atoms with Crippen molar-refractivity contribution >= 4 is 17.7 Å². The molecule has 0 aliphatic carbocycles. The van der Waals surface area contributed by atoms with E-state index in [-0.39, 0.29) is 24.2 Å². The molecule has 0 spiro atoms. The maximum absolute atomic E-state index is 12.1. The highest BCUT2D eigenvalue weighted by atomic mass is 32.2. The summed E-state index contributed by atoms with van der Waals surface area (Å²) in [5.74, 6) is -2.63. The standard InChI is InChI=1S/C13H17F2NO4S/c1-8-13(18,4-5-19-8)7-16-11(17)10-3-2-9(20-10)6-21-12(14)15/h2-3,8,12,18H,4-7H2,1H3,(H,16,17). The van der Waals surface area contributed by atoms with Gasteiger partial charge >= 0.3 is 0 Å². The van der Waals surface area contributed by atoms with Crippen LogP contribution in [0, 0.1) is 0 Å². The summed E-state index contributed by atoms with van der Waals surface area (Å²) in [6.07, 6.45) is 0.0930. The maximum Gasteiger partial charge on any atom is 0.287 e. The molecular formula is C13H17F2NO4S. The Bertz CT molecular complexity index is 496. The molecule has 0 radical (unpaired) electrons. The van der Waals surface area contributed by atoms with Crippen LogP contribution in [0.5, 0.6) is 0 Å². The number of rotatable bonds is 6. The second-order valence-electron chi connectivity index (χ2n) is 4.89. The number of thioether (sulfide) groups is 1. The predicted octanol–water partition coefficient (Wildman–Crippen LogP) is 2.01. The summed E-state index contributed by atoms with van der Waals surface area (Å²) in [7, 11) is 0. The highest BCUT2D eigenvalue weighted by Gasteiger charge is 2.39. The highest BCUT2D eigenvalue weighted by Crippen LogP contribution is 2.25. The number of aliphatic hydroxyl groups is 1. The molecular weight excluding hydrogens is 304 g/mol. The van der Waals surface area contributed by atoms with Crippen molar-refractivity contribution in [2.75, 3.05) is 13.2 Å². The van der Waals surface area contributed by atoms with Crippen molar-refractivity contribution in [3.8, 4) is 0 Å². The van der Waals surface area contributed by atoms with Crippen LogP contribution in [0.4, 0.5) is 8.78 Å². The van der Waals surface area contributed by atoms with Crippen molar-refractivity contribution in [1.29, 1.82) is 0 Å². The third-order valence-corrected chi connectivity index (χ3v) is 4.15. The van der Waals surface area contributed by atoms with E-state index in [1.54, 1.807) is 6.92 Å². The highest BCUT2D eigenvalue weighted by molar-refractivity contribution is 7.98. The largest absolute Gasteiger partial charge is 0.455 e. The third kappa shape index (κ3) is 4.18. The Hall–Kier alpha value is -1.12. The number of alkyl halides is 2. The van der Waals surface area contributed by atoms with Gasteiger partial charge in [0.25, 0.3) is 11.7 Å².